The van der Waals surface area contributed by atoms with Crippen molar-refractivity contribution in [2.45, 2.75) is 96.0 Å². The second-order valence-corrected chi connectivity index (χ2v) is 11.6. The van der Waals surface area contributed by atoms with E-state index in [1.54, 1.807) is 18.7 Å². The summed E-state index contributed by atoms with van der Waals surface area (Å²) in [5.74, 6) is 0. The summed E-state index contributed by atoms with van der Waals surface area (Å²) >= 11 is 0. The van der Waals surface area contributed by atoms with Crippen molar-refractivity contribution < 1.29 is 24.1 Å². The summed E-state index contributed by atoms with van der Waals surface area (Å²) in [6.07, 6.45) is 0.147. The molecule has 2 saturated heterocycles. The maximum absolute atomic E-state index is 13.3. The van der Waals surface area contributed by atoms with Crippen molar-refractivity contribution in [1.29, 1.82) is 0 Å². The van der Waals surface area contributed by atoms with Crippen LogP contribution < -0.4 is 0 Å². The van der Waals surface area contributed by atoms with E-state index >= 15 is 0 Å². The average Bonchev–Trinajstić information content (AvgIpc) is 3.00. The standard InChI is InChI=1S/C29H39NO5/c1-20(21-13-15-22(16-14-21)24-33-27(4,5)28(6,7)34-24)30-18-17-29(35-25(30)31,19-26(2,3)32)23-11-9-8-10-12-23/h8-16,20,24,32H,17-19H2,1-7H3. The van der Waals surface area contributed by atoms with E-state index in [4.69, 9.17) is 14.2 Å². The molecule has 2 aromatic rings. The van der Waals surface area contributed by atoms with Crippen molar-refractivity contribution in [3.63, 3.8) is 0 Å². The van der Waals surface area contributed by atoms with E-state index in [0.29, 0.717) is 19.4 Å². The van der Waals surface area contributed by atoms with E-state index in [1.165, 1.54) is 0 Å². The fourth-order valence-electron chi connectivity index (χ4n) is 4.98. The monoisotopic (exact) mass is 481 g/mol. The van der Waals surface area contributed by atoms with E-state index in [1.807, 2.05) is 89.2 Å². The van der Waals surface area contributed by atoms with Crippen molar-refractivity contribution >= 4 is 6.09 Å². The van der Waals surface area contributed by atoms with Crippen LogP contribution in [0.25, 0.3) is 0 Å². The van der Waals surface area contributed by atoms with Crippen molar-refractivity contribution in [1.82, 2.24) is 4.90 Å². The number of cyclic esters (lactones) is 1. The molecule has 1 N–H and O–H groups in total. The van der Waals surface area contributed by atoms with Crippen LogP contribution in [0.4, 0.5) is 4.79 Å². The van der Waals surface area contributed by atoms with E-state index in [2.05, 4.69) is 0 Å². The van der Waals surface area contributed by atoms with Gasteiger partial charge in [0.15, 0.2) is 6.29 Å². The van der Waals surface area contributed by atoms with E-state index in [0.717, 1.165) is 16.7 Å². The Morgan fingerprint density at radius 1 is 1.00 bits per heavy atom. The third kappa shape index (κ3) is 5.11. The molecule has 0 spiro atoms. The molecular weight excluding hydrogens is 442 g/mol. The predicted molar refractivity (Wildman–Crippen MR) is 135 cm³/mol. The van der Waals surface area contributed by atoms with Gasteiger partial charge in [0, 0.05) is 24.9 Å². The first kappa shape index (κ1) is 25.7. The Morgan fingerprint density at radius 3 is 2.09 bits per heavy atom. The lowest BCUT2D eigenvalue weighted by Gasteiger charge is -2.45. The first-order chi connectivity index (χ1) is 16.2. The van der Waals surface area contributed by atoms with Crippen LogP contribution in [0.2, 0.25) is 0 Å². The highest BCUT2D eigenvalue weighted by Gasteiger charge is 2.50. The van der Waals surface area contributed by atoms with Gasteiger partial charge in [-0.15, -0.1) is 0 Å². The minimum atomic E-state index is -0.979. The summed E-state index contributed by atoms with van der Waals surface area (Å²) in [6, 6.07) is 17.6. The molecule has 0 aliphatic carbocycles. The molecule has 2 unspecified atom stereocenters. The second kappa shape index (κ2) is 8.91. The van der Waals surface area contributed by atoms with Gasteiger partial charge < -0.3 is 24.2 Å². The van der Waals surface area contributed by atoms with E-state index in [-0.39, 0.29) is 12.1 Å². The second-order valence-electron chi connectivity index (χ2n) is 11.6. The van der Waals surface area contributed by atoms with Gasteiger partial charge in [-0.25, -0.2) is 4.79 Å². The fourth-order valence-corrected chi connectivity index (χ4v) is 4.98. The highest BCUT2D eigenvalue weighted by atomic mass is 16.7. The van der Waals surface area contributed by atoms with Crippen LogP contribution in [0.15, 0.2) is 54.6 Å². The average molecular weight is 482 g/mol. The zero-order valence-corrected chi connectivity index (χ0v) is 22.0. The summed E-state index contributed by atoms with van der Waals surface area (Å²) < 4.78 is 18.5. The number of nitrogens with zero attached hydrogens (tertiary/aromatic N) is 1. The fraction of sp³-hybridized carbons (Fsp3) is 0.552. The minimum absolute atomic E-state index is 0.161. The Balaban J connectivity index is 1.49. The number of ether oxygens (including phenoxy) is 3. The van der Waals surface area contributed by atoms with Gasteiger partial charge in [0.1, 0.15) is 5.60 Å². The van der Waals surface area contributed by atoms with Gasteiger partial charge in [0.05, 0.1) is 22.8 Å². The topological polar surface area (TPSA) is 68.2 Å². The molecule has 35 heavy (non-hydrogen) atoms. The zero-order valence-electron chi connectivity index (χ0n) is 22.0. The van der Waals surface area contributed by atoms with Crippen LogP contribution in [0.5, 0.6) is 0 Å². The molecule has 0 saturated carbocycles. The quantitative estimate of drug-likeness (QED) is 0.528. The summed E-state index contributed by atoms with van der Waals surface area (Å²) in [5.41, 5.74) is 0.256. The Hall–Kier alpha value is -2.41. The molecule has 1 amide bonds. The first-order valence-corrected chi connectivity index (χ1v) is 12.5. The SMILES string of the molecule is CC(c1ccc(C2OC(C)(C)C(C)(C)O2)cc1)N1CCC(CC(C)(C)O)(c2ccccc2)OC1=O. The molecule has 2 atom stereocenters. The third-order valence-corrected chi connectivity index (χ3v) is 7.70. The first-order valence-electron chi connectivity index (χ1n) is 12.5. The molecule has 6 nitrogen and oxygen atoms in total. The molecule has 190 valence electrons. The predicted octanol–water partition coefficient (Wildman–Crippen LogP) is 6.25. The van der Waals surface area contributed by atoms with Crippen LogP contribution in [0.3, 0.4) is 0 Å². The van der Waals surface area contributed by atoms with Crippen molar-refractivity contribution in [3.8, 4) is 0 Å². The number of carbonyl (C=O) groups is 1. The number of carbonyl (C=O) groups excluding carboxylic acids is 1. The molecular formula is C29H39NO5. The number of hydrogen-bond donors (Lipinski definition) is 1. The summed E-state index contributed by atoms with van der Waals surface area (Å²) in [5, 5.41) is 10.6. The van der Waals surface area contributed by atoms with Crippen LogP contribution in [0, 0.1) is 0 Å². The largest absolute Gasteiger partial charge is 0.438 e. The molecule has 2 aromatic carbocycles. The Morgan fingerprint density at radius 2 is 1.57 bits per heavy atom. The Labute approximate surface area is 209 Å². The summed E-state index contributed by atoms with van der Waals surface area (Å²) in [7, 11) is 0. The molecule has 4 rings (SSSR count). The van der Waals surface area contributed by atoms with Crippen LogP contribution in [-0.4, -0.2) is 39.4 Å². The molecule has 2 aliphatic heterocycles. The number of aliphatic hydroxyl groups is 1. The van der Waals surface area contributed by atoms with Crippen LogP contribution in [0.1, 0.15) is 90.3 Å². The minimum Gasteiger partial charge on any atom is -0.438 e. The van der Waals surface area contributed by atoms with E-state index in [9.17, 15) is 9.90 Å². The van der Waals surface area contributed by atoms with Crippen molar-refractivity contribution in [2.75, 3.05) is 6.54 Å². The van der Waals surface area contributed by atoms with E-state index < -0.39 is 28.7 Å². The Bertz CT molecular complexity index is 1020. The van der Waals surface area contributed by atoms with Crippen molar-refractivity contribution in [3.05, 3.63) is 71.3 Å². The molecule has 0 bridgehead atoms. The number of rotatable bonds is 6. The maximum atomic E-state index is 13.3. The molecule has 2 fully saturated rings. The zero-order chi connectivity index (χ0) is 25.6. The third-order valence-electron chi connectivity index (χ3n) is 7.70. The highest BCUT2D eigenvalue weighted by molar-refractivity contribution is 5.70. The number of hydrogen-bond acceptors (Lipinski definition) is 5. The van der Waals surface area contributed by atoms with Gasteiger partial charge in [-0.1, -0.05) is 54.6 Å². The van der Waals surface area contributed by atoms with Crippen LogP contribution in [-0.2, 0) is 19.8 Å². The molecule has 2 aliphatic rings. The summed E-state index contributed by atoms with van der Waals surface area (Å²) in [4.78, 5) is 15.0. The maximum Gasteiger partial charge on any atom is 0.411 e. The smallest absolute Gasteiger partial charge is 0.411 e. The summed E-state index contributed by atoms with van der Waals surface area (Å²) in [6.45, 7) is 14.2. The molecule has 0 radical (unpaired) electrons. The normalized spacial score (nSPS) is 25.4. The van der Waals surface area contributed by atoms with Gasteiger partial charge in [-0.3, -0.25) is 0 Å². The van der Waals surface area contributed by atoms with Gasteiger partial charge >= 0.3 is 6.09 Å². The highest BCUT2D eigenvalue weighted by Crippen LogP contribution is 2.45. The number of amides is 1. The lowest BCUT2D eigenvalue weighted by atomic mass is 9.80. The molecule has 6 heteroatoms. The van der Waals surface area contributed by atoms with Crippen LogP contribution >= 0.6 is 0 Å². The van der Waals surface area contributed by atoms with Crippen molar-refractivity contribution in [2.24, 2.45) is 0 Å². The lowest BCUT2D eigenvalue weighted by molar-refractivity contribution is -0.101. The van der Waals surface area contributed by atoms with Gasteiger partial charge in [0.25, 0.3) is 0 Å². The lowest BCUT2D eigenvalue weighted by Crippen LogP contribution is -2.51. The number of benzene rings is 2. The molecule has 0 aromatic heterocycles. The molecule has 2 heterocycles. The Kier molecular flexibility index (Phi) is 6.54. The van der Waals surface area contributed by atoms with Gasteiger partial charge in [-0.2, -0.15) is 0 Å². The van der Waals surface area contributed by atoms with Gasteiger partial charge in [-0.05, 0) is 59.6 Å². The van der Waals surface area contributed by atoms with Gasteiger partial charge in [0.2, 0.25) is 0 Å².